The molecular weight excluding hydrogens is 320 g/mol. The first-order valence-electron chi connectivity index (χ1n) is 7.99. The number of urea groups is 1. The van der Waals surface area contributed by atoms with Gasteiger partial charge >= 0.3 is 6.03 Å². The largest absolute Gasteiger partial charge is 0.328 e. The van der Waals surface area contributed by atoms with Crippen molar-refractivity contribution in [3.63, 3.8) is 0 Å². The van der Waals surface area contributed by atoms with Crippen molar-refractivity contribution in [2.24, 2.45) is 5.41 Å². The second-order valence-corrected chi connectivity index (χ2v) is 6.12. The van der Waals surface area contributed by atoms with Crippen molar-refractivity contribution in [2.45, 2.75) is 26.7 Å². The van der Waals surface area contributed by atoms with E-state index in [1.807, 2.05) is 25.1 Å². The topological polar surface area (TPSA) is 101 Å². The van der Waals surface area contributed by atoms with E-state index >= 15 is 0 Å². The van der Waals surface area contributed by atoms with Crippen LogP contribution in [-0.2, 0) is 16.0 Å². The molecular formula is C18H18N4O3. The van der Waals surface area contributed by atoms with Crippen LogP contribution < -0.4 is 10.6 Å². The van der Waals surface area contributed by atoms with Crippen LogP contribution in [0.25, 0.3) is 11.4 Å². The van der Waals surface area contributed by atoms with E-state index in [-0.39, 0.29) is 12.8 Å². The Bertz CT molecular complexity index is 843. The van der Waals surface area contributed by atoms with E-state index in [9.17, 15) is 14.4 Å². The predicted octanol–water partition coefficient (Wildman–Crippen LogP) is 1.76. The molecule has 1 aliphatic heterocycles. The summed E-state index contributed by atoms with van der Waals surface area (Å²) in [7, 11) is 0. The Labute approximate surface area is 144 Å². The minimum Gasteiger partial charge on any atom is -0.277 e. The van der Waals surface area contributed by atoms with E-state index < -0.39 is 23.3 Å². The number of imide groups is 2. The van der Waals surface area contributed by atoms with Crippen molar-refractivity contribution in [1.29, 1.82) is 0 Å². The quantitative estimate of drug-likeness (QED) is 0.827. The first-order chi connectivity index (χ1) is 11.9. The molecule has 2 aromatic heterocycles. The molecule has 25 heavy (non-hydrogen) atoms. The van der Waals surface area contributed by atoms with Crippen molar-refractivity contribution in [3.8, 4) is 11.4 Å². The number of hydrogen-bond donors (Lipinski definition) is 2. The molecule has 1 fully saturated rings. The molecule has 0 aromatic carbocycles. The number of carbonyl (C=O) groups is 3. The molecule has 7 heteroatoms. The summed E-state index contributed by atoms with van der Waals surface area (Å²) in [4.78, 5) is 44.7. The lowest BCUT2D eigenvalue weighted by atomic mass is 9.76. The normalized spacial score (nSPS) is 16.3. The Balaban J connectivity index is 1.94. The zero-order chi connectivity index (χ0) is 18.0. The van der Waals surface area contributed by atoms with Gasteiger partial charge in [0.05, 0.1) is 11.4 Å². The van der Waals surface area contributed by atoms with Crippen molar-refractivity contribution in [3.05, 3.63) is 47.8 Å². The third-order valence-electron chi connectivity index (χ3n) is 4.44. The van der Waals surface area contributed by atoms with Crippen LogP contribution in [0.2, 0.25) is 0 Å². The molecule has 0 bridgehead atoms. The second-order valence-electron chi connectivity index (χ2n) is 6.12. The lowest BCUT2D eigenvalue weighted by molar-refractivity contribution is -0.144. The van der Waals surface area contributed by atoms with Crippen molar-refractivity contribution in [2.75, 3.05) is 0 Å². The van der Waals surface area contributed by atoms with Crippen LogP contribution in [0.15, 0.2) is 36.7 Å². The highest BCUT2D eigenvalue weighted by Gasteiger charge is 2.48. The Morgan fingerprint density at radius 3 is 2.16 bits per heavy atom. The predicted molar refractivity (Wildman–Crippen MR) is 90.3 cm³/mol. The number of carbonyl (C=O) groups excluding carboxylic acids is 3. The third-order valence-corrected chi connectivity index (χ3v) is 4.44. The van der Waals surface area contributed by atoms with E-state index in [4.69, 9.17) is 0 Å². The number of barbiturate groups is 1. The molecule has 1 aliphatic rings. The van der Waals surface area contributed by atoms with Crippen LogP contribution in [0.3, 0.4) is 0 Å². The maximum absolute atomic E-state index is 12.4. The number of nitrogens with one attached hydrogen (secondary N) is 2. The Morgan fingerprint density at radius 1 is 0.960 bits per heavy atom. The van der Waals surface area contributed by atoms with Crippen LogP contribution in [0.1, 0.15) is 24.5 Å². The zero-order valence-electron chi connectivity index (χ0n) is 14.0. The third kappa shape index (κ3) is 3.13. The van der Waals surface area contributed by atoms with E-state index in [0.29, 0.717) is 5.69 Å². The number of aromatic nitrogens is 2. The summed E-state index contributed by atoms with van der Waals surface area (Å²) in [6, 6.07) is 6.61. The number of nitrogens with zero attached hydrogens (tertiary/aromatic N) is 2. The standard InChI is InChI=1S/C18H18N4O3/c1-3-18(15(23)21-17(25)22-16(18)24)10-12-5-7-20-14(9-12)13-8-11(2)4-6-19-13/h4-9H,3,10H2,1-2H3,(H2,21,22,23,24,25). The van der Waals surface area contributed by atoms with E-state index in [1.165, 1.54) is 0 Å². The van der Waals surface area contributed by atoms with Crippen LogP contribution >= 0.6 is 0 Å². The van der Waals surface area contributed by atoms with Gasteiger partial charge in [0.1, 0.15) is 5.41 Å². The summed E-state index contributed by atoms with van der Waals surface area (Å²) < 4.78 is 0. The number of hydrogen-bond acceptors (Lipinski definition) is 5. The van der Waals surface area contributed by atoms with Gasteiger partial charge in [0.2, 0.25) is 11.8 Å². The SMILES string of the molecule is CCC1(Cc2ccnc(-c3cc(C)ccn3)c2)C(=O)NC(=O)NC1=O. The summed E-state index contributed by atoms with van der Waals surface area (Å²) >= 11 is 0. The number of aryl methyl sites for hydroxylation is 1. The molecule has 2 N–H and O–H groups in total. The molecule has 4 amide bonds. The van der Waals surface area contributed by atoms with Gasteiger partial charge in [0.15, 0.2) is 0 Å². The highest BCUT2D eigenvalue weighted by molar-refractivity contribution is 6.19. The summed E-state index contributed by atoms with van der Waals surface area (Å²) in [5.41, 5.74) is 1.91. The molecule has 0 saturated carbocycles. The molecule has 0 radical (unpaired) electrons. The fraction of sp³-hybridized carbons (Fsp3) is 0.278. The Kier molecular flexibility index (Phi) is 4.31. The van der Waals surface area contributed by atoms with E-state index in [0.717, 1.165) is 16.8 Å². The molecule has 0 unspecified atom stereocenters. The van der Waals surface area contributed by atoms with Crippen LogP contribution in [-0.4, -0.2) is 27.8 Å². The van der Waals surface area contributed by atoms with Gasteiger partial charge in [-0.2, -0.15) is 0 Å². The molecule has 0 spiro atoms. The first kappa shape index (κ1) is 16.8. The van der Waals surface area contributed by atoms with Crippen molar-refractivity contribution in [1.82, 2.24) is 20.6 Å². The average molecular weight is 338 g/mol. The minimum absolute atomic E-state index is 0.176. The first-order valence-corrected chi connectivity index (χ1v) is 7.99. The Hall–Kier alpha value is -3.09. The van der Waals surface area contributed by atoms with Gasteiger partial charge in [-0.1, -0.05) is 6.92 Å². The summed E-state index contributed by atoms with van der Waals surface area (Å²) in [5, 5.41) is 4.38. The molecule has 128 valence electrons. The lowest BCUT2D eigenvalue weighted by Crippen LogP contribution is -2.63. The van der Waals surface area contributed by atoms with Crippen molar-refractivity contribution < 1.29 is 14.4 Å². The fourth-order valence-corrected chi connectivity index (χ4v) is 2.94. The highest BCUT2D eigenvalue weighted by Crippen LogP contribution is 2.30. The van der Waals surface area contributed by atoms with Gasteiger partial charge in [0.25, 0.3) is 0 Å². The van der Waals surface area contributed by atoms with Gasteiger partial charge in [-0.25, -0.2) is 4.79 Å². The molecule has 2 aromatic rings. The molecule has 0 atom stereocenters. The number of pyridine rings is 2. The maximum Gasteiger partial charge on any atom is 0.328 e. The molecule has 1 saturated heterocycles. The van der Waals surface area contributed by atoms with Crippen molar-refractivity contribution >= 4 is 17.8 Å². The van der Waals surface area contributed by atoms with E-state index in [2.05, 4.69) is 20.6 Å². The fourth-order valence-electron chi connectivity index (χ4n) is 2.94. The smallest absolute Gasteiger partial charge is 0.277 e. The van der Waals surface area contributed by atoms with Crippen LogP contribution in [0, 0.1) is 12.3 Å². The lowest BCUT2D eigenvalue weighted by Gasteiger charge is -2.33. The van der Waals surface area contributed by atoms with Gasteiger partial charge in [0, 0.05) is 12.4 Å². The van der Waals surface area contributed by atoms with E-state index in [1.54, 1.807) is 25.4 Å². The maximum atomic E-state index is 12.4. The van der Waals surface area contributed by atoms with Crippen LogP contribution in [0.5, 0.6) is 0 Å². The number of rotatable bonds is 4. The minimum atomic E-state index is -1.31. The Morgan fingerprint density at radius 2 is 1.56 bits per heavy atom. The molecule has 7 nitrogen and oxygen atoms in total. The second kappa shape index (κ2) is 6.43. The monoisotopic (exact) mass is 338 g/mol. The van der Waals surface area contributed by atoms with Gasteiger partial charge in [-0.3, -0.25) is 30.2 Å². The molecule has 3 rings (SSSR count). The summed E-state index contributed by atoms with van der Waals surface area (Å²) in [6.45, 7) is 3.72. The van der Waals surface area contributed by atoms with Gasteiger partial charge in [-0.05, 0) is 55.2 Å². The summed E-state index contributed by atoms with van der Waals surface area (Å²) in [5.74, 6) is -1.15. The molecule has 3 heterocycles. The molecule has 0 aliphatic carbocycles. The highest BCUT2D eigenvalue weighted by atomic mass is 16.2. The van der Waals surface area contributed by atoms with Crippen LogP contribution in [0.4, 0.5) is 4.79 Å². The number of amides is 4. The average Bonchev–Trinajstić information content (AvgIpc) is 2.58. The zero-order valence-corrected chi connectivity index (χ0v) is 14.0. The van der Waals surface area contributed by atoms with Gasteiger partial charge in [-0.15, -0.1) is 0 Å². The summed E-state index contributed by atoms with van der Waals surface area (Å²) in [6.07, 6.45) is 3.79. The van der Waals surface area contributed by atoms with Gasteiger partial charge < -0.3 is 0 Å².